The molecule has 0 bridgehead atoms. The van der Waals surface area contributed by atoms with E-state index in [1.807, 2.05) is 54.8 Å². The van der Waals surface area contributed by atoms with Crippen LogP contribution in [-0.2, 0) is 4.79 Å². The summed E-state index contributed by atoms with van der Waals surface area (Å²) in [7, 11) is 0. The molecule has 3 aromatic rings. The van der Waals surface area contributed by atoms with Crippen molar-refractivity contribution in [2.45, 2.75) is 26.3 Å². The van der Waals surface area contributed by atoms with Crippen molar-refractivity contribution in [1.82, 2.24) is 20.4 Å². The van der Waals surface area contributed by atoms with Crippen molar-refractivity contribution in [3.05, 3.63) is 59.6 Å². The first-order chi connectivity index (χ1) is 13.1. The van der Waals surface area contributed by atoms with Gasteiger partial charge in [0.05, 0.1) is 16.1 Å². The van der Waals surface area contributed by atoms with Crippen molar-refractivity contribution in [2.24, 2.45) is 0 Å². The molecule has 27 heavy (non-hydrogen) atoms. The molecule has 0 unspecified atom stereocenters. The Balaban J connectivity index is 1.88. The molecule has 3 rings (SSSR count). The number of carbonyl (C=O) groups is 2. The van der Waals surface area contributed by atoms with E-state index in [-0.39, 0.29) is 11.8 Å². The topological polar surface area (TPSA) is 76.0 Å². The van der Waals surface area contributed by atoms with Gasteiger partial charge < -0.3 is 10.6 Å². The molecule has 7 heteroatoms. The number of nitrogens with one attached hydrogen (secondary N) is 2. The van der Waals surface area contributed by atoms with Crippen LogP contribution in [0.1, 0.15) is 30.6 Å². The van der Waals surface area contributed by atoms with Gasteiger partial charge in [0.1, 0.15) is 11.7 Å². The highest BCUT2D eigenvalue weighted by Crippen LogP contribution is 2.27. The zero-order valence-electron chi connectivity index (χ0n) is 15.3. The fraction of sp³-hybridized carbons (Fsp3) is 0.250. The Labute approximate surface area is 162 Å². The molecule has 0 saturated heterocycles. The molecule has 0 aliphatic rings. The molecule has 1 atom stereocenters. The Morgan fingerprint density at radius 3 is 2.63 bits per heavy atom. The van der Waals surface area contributed by atoms with Gasteiger partial charge in [-0.2, -0.15) is 5.10 Å². The van der Waals surface area contributed by atoms with Crippen LogP contribution in [0.4, 0.5) is 0 Å². The number of amides is 2. The quantitative estimate of drug-likeness (QED) is 0.659. The van der Waals surface area contributed by atoms with Crippen LogP contribution in [0, 0.1) is 0 Å². The third-order valence-corrected chi connectivity index (χ3v) is 4.90. The number of carbonyl (C=O) groups excluding carboxylic acids is 2. The number of hydrogen-bond donors (Lipinski definition) is 2. The Morgan fingerprint density at radius 1 is 1.19 bits per heavy atom. The maximum Gasteiger partial charge on any atom is 0.255 e. The van der Waals surface area contributed by atoms with E-state index in [0.29, 0.717) is 17.8 Å². The number of para-hydroxylation sites is 1. The lowest BCUT2D eigenvalue weighted by atomic mass is 10.2. The molecule has 2 N–H and O–H groups in total. The lowest BCUT2D eigenvalue weighted by Gasteiger charge is -2.13. The Kier molecular flexibility index (Phi) is 6.03. The second-order valence-electron chi connectivity index (χ2n) is 6.13. The first-order valence-electron chi connectivity index (χ1n) is 8.87. The van der Waals surface area contributed by atoms with Crippen molar-refractivity contribution in [1.29, 1.82) is 0 Å². The fourth-order valence-corrected chi connectivity index (χ4v) is 3.31. The molecule has 0 aliphatic heterocycles. The third kappa shape index (κ3) is 4.43. The Bertz CT molecular complexity index is 903. The summed E-state index contributed by atoms with van der Waals surface area (Å²) < 4.78 is 1.69. The Morgan fingerprint density at radius 2 is 1.96 bits per heavy atom. The van der Waals surface area contributed by atoms with Gasteiger partial charge in [0.15, 0.2) is 0 Å². The molecule has 1 aromatic carbocycles. The van der Waals surface area contributed by atoms with Gasteiger partial charge in [0.25, 0.3) is 5.91 Å². The zero-order valence-corrected chi connectivity index (χ0v) is 16.1. The van der Waals surface area contributed by atoms with Crippen LogP contribution >= 0.6 is 11.3 Å². The predicted molar refractivity (Wildman–Crippen MR) is 107 cm³/mol. The van der Waals surface area contributed by atoms with Gasteiger partial charge in [0.2, 0.25) is 5.91 Å². The monoisotopic (exact) mass is 382 g/mol. The van der Waals surface area contributed by atoms with Gasteiger partial charge >= 0.3 is 0 Å². The van der Waals surface area contributed by atoms with Crippen LogP contribution in [-0.4, -0.2) is 34.2 Å². The largest absolute Gasteiger partial charge is 0.354 e. The molecule has 0 spiro atoms. The number of benzene rings is 1. The minimum absolute atomic E-state index is 0.196. The van der Waals surface area contributed by atoms with E-state index in [9.17, 15) is 9.59 Å². The highest BCUT2D eigenvalue weighted by Gasteiger charge is 2.22. The molecule has 0 radical (unpaired) electrons. The van der Waals surface area contributed by atoms with E-state index in [0.717, 1.165) is 17.0 Å². The van der Waals surface area contributed by atoms with E-state index in [1.165, 1.54) is 11.3 Å². The summed E-state index contributed by atoms with van der Waals surface area (Å²) in [5.74, 6) is -0.516. The van der Waals surface area contributed by atoms with Crippen LogP contribution in [0.5, 0.6) is 0 Å². The molecule has 2 aromatic heterocycles. The van der Waals surface area contributed by atoms with Gasteiger partial charge in [-0.25, -0.2) is 4.68 Å². The maximum atomic E-state index is 12.9. The molecule has 0 saturated carbocycles. The van der Waals surface area contributed by atoms with E-state index in [4.69, 9.17) is 0 Å². The number of nitrogens with zero attached hydrogens (tertiary/aromatic N) is 2. The van der Waals surface area contributed by atoms with E-state index < -0.39 is 6.04 Å². The molecule has 6 nitrogen and oxygen atoms in total. The van der Waals surface area contributed by atoms with Crippen LogP contribution in [0.2, 0.25) is 0 Å². The Hall–Kier alpha value is -2.93. The van der Waals surface area contributed by atoms with Gasteiger partial charge in [-0.1, -0.05) is 31.2 Å². The second kappa shape index (κ2) is 8.64. The minimum atomic E-state index is -0.625. The maximum absolute atomic E-state index is 12.9. The average Bonchev–Trinajstić information content (AvgIpc) is 3.36. The lowest BCUT2D eigenvalue weighted by Crippen LogP contribution is -2.45. The first-order valence-corrected chi connectivity index (χ1v) is 9.75. The van der Waals surface area contributed by atoms with Crippen molar-refractivity contribution in [3.63, 3.8) is 0 Å². The summed E-state index contributed by atoms with van der Waals surface area (Å²) in [4.78, 5) is 25.8. The SMILES string of the molecule is CCCNC(=O)[C@H](C)NC(=O)c1cn(-c2ccccc2)nc1-c1cccs1. The number of thiophene rings is 1. The van der Waals surface area contributed by atoms with E-state index in [2.05, 4.69) is 15.7 Å². The summed E-state index contributed by atoms with van der Waals surface area (Å²) in [6, 6.07) is 12.8. The van der Waals surface area contributed by atoms with Crippen molar-refractivity contribution in [2.75, 3.05) is 6.54 Å². The molecule has 2 amide bonds. The smallest absolute Gasteiger partial charge is 0.255 e. The number of rotatable bonds is 7. The molecule has 140 valence electrons. The van der Waals surface area contributed by atoms with Crippen LogP contribution in [0.15, 0.2) is 54.0 Å². The average molecular weight is 382 g/mol. The van der Waals surface area contributed by atoms with Gasteiger partial charge in [-0.15, -0.1) is 11.3 Å². The summed E-state index contributed by atoms with van der Waals surface area (Å²) in [5.41, 5.74) is 1.91. The van der Waals surface area contributed by atoms with Crippen LogP contribution < -0.4 is 10.6 Å². The second-order valence-corrected chi connectivity index (χ2v) is 7.08. The molecular weight excluding hydrogens is 360 g/mol. The van der Waals surface area contributed by atoms with E-state index >= 15 is 0 Å². The van der Waals surface area contributed by atoms with Gasteiger partial charge in [-0.05, 0) is 36.9 Å². The van der Waals surface area contributed by atoms with Crippen LogP contribution in [0.25, 0.3) is 16.3 Å². The van der Waals surface area contributed by atoms with Crippen molar-refractivity contribution >= 4 is 23.2 Å². The van der Waals surface area contributed by atoms with Crippen LogP contribution in [0.3, 0.4) is 0 Å². The van der Waals surface area contributed by atoms with Gasteiger partial charge in [0, 0.05) is 12.7 Å². The van der Waals surface area contributed by atoms with Crippen molar-refractivity contribution < 1.29 is 9.59 Å². The van der Waals surface area contributed by atoms with E-state index in [1.54, 1.807) is 17.8 Å². The standard InChI is InChI=1S/C20H22N4O2S/c1-3-11-21-19(25)14(2)22-20(26)16-13-24(15-8-5-4-6-9-15)23-18(16)17-10-7-12-27-17/h4-10,12-14H,3,11H2,1-2H3,(H,21,25)(H,22,26)/t14-/m0/s1. The molecule has 0 aliphatic carbocycles. The summed E-state index contributed by atoms with van der Waals surface area (Å²) >= 11 is 1.52. The number of aromatic nitrogens is 2. The predicted octanol–water partition coefficient (Wildman–Crippen LogP) is 3.25. The molecule has 2 heterocycles. The highest BCUT2D eigenvalue weighted by atomic mass is 32.1. The number of hydrogen-bond acceptors (Lipinski definition) is 4. The summed E-state index contributed by atoms with van der Waals surface area (Å²) in [6.07, 6.45) is 2.55. The minimum Gasteiger partial charge on any atom is -0.354 e. The fourth-order valence-electron chi connectivity index (χ4n) is 2.59. The van der Waals surface area contributed by atoms with Gasteiger partial charge in [-0.3, -0.25) is 9.59 Å². The summed E-state index contributed by atoms with van der Waals surface area (Å²) in [5, 5.41) is 12.1. The highest BCUT2D eigenvalue weighted by molar-refractivity contribution is 7.13. The normalized spacial score (nSPS) is 11.8. The first kappa shape index (κ1) is 18.8. The lowest BCUT2D eigenvalue weighted by molar-refractivity contribution is -0.122. The van der Waals surface area contributed by atoms with Crippen molar-refractivity contribution in [3.8, 4) is 16.3 Å². The zero-order chi connectivity index (χ0) is 19.2. The molecule has 0 fully saturated rings. The summed E-state index contributed by atoms with van der Waals surface area (Å²) in [6.45, 7) is 4.25. The third-order valence-electron chi connectivity index (χ3n) is 4.02. The molecular formula is C20H22N4O2S.